The Morgan fingerprint density at radius 3 is 2.74 bits per heavy atom. The third-order valence-corrected chi connectivity index (χ3v) is 4.52. The van der Waals surface area contributed by atoms with Gasteiger partial charge in [-0.1, -0.05) is 11.1 Å². The van der Waals surface area contributed by atoms with Crippen LogP contribution in [-0.4, -0.2) is 44.7 Å². The molecule has 0 radical (unpaired) electrons. The van der Waals surface area contributed by atoms with Crippen molar-refractivity contribution in [1.29, 1.82) is 0 Å². The van der Waals surface area contributed by atoms with Crippen molar-refractivity contribution in [2.75, 3.05) is 13.2 Å². The van der Waals surface area contributed by atoms with Crippen molar-refractivity contribution in [3.05, 3.63) is 65.6 Å². The summed E-state index contributed by atoms with van der Waals surface area (Å²) >= 11 is 0. The summed E-state index contributed by atoms with van der Waals surface area (Å²) in [5, 5.41) is 15.7. The number of nitrogens with zero attached hydrogens (tertiary/aromatic N) is 3. The number of ether oxygens (including phenoxy) is 2. The number of benzene rings is 1. The predicted molar refractivity (Wildman–Crippen MR) is 125 cm³/mol. The van der Waals surface area contributed by atoms with Crippen molar-refractivity contribution in [2.45, 2.75) is 52.3 Å². The molecule has 0 bridgehead atoms. The predicted octanol–water partition coefficient (Wildman–Crippen LogP) is 3.67. The molecular formula is C25H30N4O5. The Morgan fingerprint density at radius 1 is 1.26 bits per heavy atom. The molecule has 0 aliphatic carbocycles. The van der Waals surface area contributed by atoms with Crippen LogP contribution < -0.4 is 10.1 Å². The van der Waals surface area contributed by atoms with E-state index in [1.165, 1.54) is 0 Å². The average molecular weight is 467 g/mol. The van der Waals surface area contributed by atoms with Crippen LogP contribution in [0.3, 0.4) is 0 Å². The molecule has 1 aromatic carbocycles. The van der Waals surface area contributed by atoms with E-state index in [-0.39, 0.29) is 12.6 Å². The van der Waals surface area contributed by atoms with Gasteiger partial charge in [0.05, 0.1) is 19.2 Å². The van der Waals surface area contributed by atoms with E-state index in [0.717, 1.165) is 11.3 Å². The van der Waals surface area contributed by atoms with E-state index in [2.05, 4.69) is 27.3 Å². The fourth-order valence-electron chi connectivity index (χ4n) is 3.03. The number of amides is 1. The molecule has 1 atom stereocenters. The summed E-state index contributed by atoms with van der Waals surface area (Å²) in [7, 11) is 0. The van der Waals surface area contributed by atoms with Gasteiger partial charge in [-0.3, -0.25) is 0 Å². The van der Waals surface area contributed by atoms with Gasteiger partial charge in [0, 0.05) is 37.1 Å². The molecule has 0 spiro atoms. The van der Waals surface area contributed by atoms with Crippen LogP contribution in [0.4, 0.5) is 4.79 Å². The summed E-state index contributed by atoms with van der Waals surface area (Å²) in [6, 6.07) is 8.80. The van der Waals surface area contributed by atoms with E-state index >= 15 is 0 Å². The van der Waals surface area contributed by atoms with Crippen LogP contribution in [0.15, 0.2) is 47.2 Å². The maximum absolute atomic E-state index is 12.1. The minimum Gasteiger partial charge on any atom is -0.494 e. The molecule has 2 aromatic heterocycles. The van der Waals surface area contributed by atoms with Crippen molar-refractivity contribution in [3.63, 3.8) is 0 Å². The van der Waals surface area contributed by atoms with Gasteiger partial charge in [-0.15, -0.1) is 0 Å². The van der Waals surface area contributed by atoms with Crippen LogP contribution in [-0.2, 0) is 11.3 Å². The Morgan fingerprint density at radius 2 is 2.03 bits per heavy atom. The van der Waals surface area contributed by atoms with Gasteiger partial charge in [0.2, 0.25) is 5.76 Å². The number of aliphatic hydroxyl groups excluding tert-OH is 1. The number of carbonyl (C=O) groups excluding carboxylic acids is 1. The summed E-state index contributed by atoms with van der Waals surface area (Å²) in [6.07, 6.45) is 3.57. The number of aliphatic hydroxyl groups is 1. The fourth-order valence-corrected chi connectivity index (χ4v) is 3.03. The van der Waals surface area contributed by atoms with Gasteiger partial charge in [0.15, 0.2) is 0 Å². The quantitative estimate of drug-likeness (QED) is 0.385. The second-order valence-corrected chi connectivity index (χ2v) is 8.66. The van der Waals surface area contributed by atoms with Crippen LogP contribution in [0, 0.1) is 11.8 Å². The van der Waals surface area contributed by atoms with Crippen LogP contribution in [0.1, 0.15) is 63.0 Å². The minimum atomic E-state index is -0.576. The van der Waals surface area contributed by atoms with E-state index in [1.807, 2.05) is 62.7 Å². The van der Waals surface area contributed by atoms with Gasteiger partial charge in [0.25, 0.3) is 0 Å². The van der Waals surface area contributed by atoms with Crippen LogP contribution in [0.25, 0.3) is 0 Å². The van der Waals surface area contributed by atoms with E-state index in [0.29, 0.717) is 36.9 Å². The lowest BCUT2D eigenvalue weighted by atomic mass is 10.2. The third kappa shape index (κ3) is 7.67. The Kier molecular flexibility index (Phi) is 8.33. The summed E-state index contributed by atoms with van der Waals surface area (Å²) in [4.78, 5) is 16.4. The van der Waals surface area contributed by atoms with Gasteiger partial charge < -0.3 is 29.0 Å². The molecule has 2 heterocycles. The molecular weight excluding hydrogens is 436 g/mol. The van der Waals surface area contributed by atoms with Gasteiger partial charge in [0.1, 0.15) is 22.9 Å². The highest BCUT2D eigenvalue weighted by atomic mass is 16.6. The molecule has 0 unspecified atom stereocenters. The second-order valence-electron chi connectivity index (χ2n) is 8.66. The molecule has 9 heteroatoms. The highest BCUT2D eigenvalue weighted by Crippen LogP contribution is 2.15. The van der Waals surface area contributed by atoms with Crippen LogP contribution in [0.2, 0.25) is 0 Å². The lowest BCUT2D eigenvalue weighted by Crippen LogP contribution is -2.35. The number of hydrogen-bond acceptors (Lipinski definition) is 7. The summed E-state index contributed by atoms with van der Waals surface area (Å²) in [5.41, 5.74) is 0.917. The molecule has 3 aromatic rings. The fraction of sp³-hybridized carbons (Fsp3) is 0.400. The molecule has 0 fully saturated rings. The van der Waals surface area contributed by atoms with Crippen molar-refractivity contribution in [3.8, 4) is 17.6 Å². The van der Waals surface area contributed by atoms with Crippen LogP contribution in [0.5, 0.6) is 5.75 Å². The normalized spacial score (nSPS) is 11.9. The molecule has 0 aliphatic heterocycles. The molecule has 0 aliphatic rings. The topological polar surface area (TPSA) is 112 Å². The van der Waals surface area contributed by atoms with Crippen molar-refractivity contribution >= 4 is 6.09 Å². The Hall–Kier alpha value is -3.77. The first-order valence-electron chi connectivity index (χ1n) is 11.1. The van der Waals surface area contributed by atoms with Crippen molar-refractivity contribution in [2.24, 2.45) is 0 Å². The molecule has 9 nitrogen and oxygen atoms in total. The molecule has 1 amide bonds. The minimum absolute atomic E-state index is 0.104. The van der Waals surface area contributed by atoms with Crippen molar-refractivity contribution < 1.29 is 23.9 Å². The number of hydrogen-bond donors (Lipinski definition) is 2. The van der Waals surface area contributed by atoms with Gasteiger partial charge in [-0.05, 0) is 57.9 Å². The summed E-state index contributed by atoms with van der Waals surface area (Å²) < 4.78 is 18.1. The number of carbonyl (C=O) groups is 1. The number of imidazole rings is 1. The second kappa shape index (κ2) is 11.4. The smallest absolute Gasteiger partial charge is 0.408 e. The van der Waals surface area contributed by atoms with Gasteiger partial charge in [-0.25, -0.2) is 9.78 Å². The number of alkyl carbamates (subject to hydrolysis) is 1. The van der Waals surface area contributed by atoms with E-state index in [1.54, 1.807) is 12.3 Å². The third-order valence-electron chi connectivity index (χ3n) is 4.52. The molecule has 3 rings (SSSR count). The van der Waals surface area contributed by atoms with E-state index in [4.69, 9.17) is 19.1 Å². The monoisotopic (exact) mass is 466 g/mol. The molecule has 0 saturated carbocycles. The van der Waals surface area contributed by atoms with E-state index in [9.17, 15) is 4.79 Å². The first kappa shape index (κ1) is 24.9. The van der Waals surface area contributed by atoms with Crippen molar-refractivity contribution in [1.82, 2.24) is 20.0 Å². The number of nitrogens with one attached hydrogen (secondary N) is 1. The zero-order valence-electron chi connectivity index (χ0n) is 19.9. The lowest BCUT2D eigenvalue weighted by Gasteiger charge is -2.22. The highest BCUT2D eigenvalue weighted by Gasteiger charge is 2.20. The summed E-state index contributed by atoms with van der Waals surface area (Å²) in [6.45, 7) is 8.27. The zero-order valence-corrected chi connectivity index (χ0v) is 19.9. The SMILES string of the molecule is C[C@H](NC(=O)OC(C)(C)C)c1nccn1Cc1cc(C#Cc2ccc(OCCCO)cc2)on1. The lowest BCUT2D eigenvalue weighted by molar-refractivity contribution is 0.0505. The molecule has 34 heavy (non-hydrogen) atoms. The number of rotatable bonds is 8. The van der Waals surface area contributed by atoms with Crippen LogP contribution >= 0.6 is 0 Å². The Balaban J connectivity index is 1.59. The standard InChI is InChI=1S/C25H30N4O5/c1-18(27-24(31)33-25(2,3)4)23-26-12-13-29(23)17-20-16-22(34-28-20)11-8-19-6-9-21(10-7-19)32-15-5-14-30/h6-7,9-10,12-13,16,18,30H,5,14-15,17H2,1-4H3,(H,27,31)/t18-/m0/s1. The van der Waals surface area contributed by atoms with E-state index < -0.39 is 11.7 Å². The maximum Gasteiger partial charge on any atom is 0.408 e. The van der Waals surface area contributed by atoms with Gasteiger partial charge >= 0.3 is 6.09 Å². The summed E-state index contributed by atoms with van der Waals surface area (Å²) in [5.74, 6) is 7.85. The molecule has 180 valence electrons. The average Bonchev–Trinajstić information content (AvgIpc) is 3.42. The Labute approximate surface area is 199 Å². The molecule has 2 N–H and O–H groups in total. The largest absolute Gasteiger partial charge is 0.494 e. The maximum atomic E-state index is 12.1. The first-order chi connectivity index (χ1) is 16.2. The highest BCUT2D eigenvalue weighted by molar-refractivity contribution is 5.68. The Bertz CT molecular complexity index is 1130. The zero-order chi connectivity index (χ0) is 24.6. The molecule has 0 saturated heterocycles. The first-order valence-corrected chi connectivity index (χ1v) is 11.1. The number of aromatic nitrogens is 3. The van der Waals surface area contributed by atoms with Gasteiger partial charge in [-0.2, -0.15) is 0 Å².